The molecule has 3 heterocycles. The molecule has 0 atom stereocenters. The van der Waals surface area contributed by atoms with Crippen LogP contribution in [0.5, 0.6) is 0 Å². The molecule has 1 fully saturated rings. The minimum atomic E-state index is -4.71. The number of carbonyl (C=O) groups is 1. The Balaban J connectivity index is 1.73. The van der Waals surface area contributed by atoms with Crippen molar-refractivity contribution in [2.24, 2.45) is 7.05 Å². The largest absolute Gasteiger partial charge is 0.619 e. The van der Waals surface area contributed by atoms with Gasteiger partial charge in [0.05, 0.1) is 6.04 Å². The number of aromatic nitrogens is 4. The summed E-state index contributed by atoms with van der Waals surface area (Å²) in [6, 6.07) is 2.45. The van der Waals surface area contributed by atoms with Gasteiger partial charge in [-0.1, -0.05) is 0 Å². The molecule has 0 N–H and O–H groups in total. The van der Waals surface area contributed by atoms with Crippen molar-refractivity contribution in [2.45, 2.75) is 25.1 Å². The third kappa shape index (κ3) is 3.28. The number of alkyl halides is 3. The van der Waals surface area contributed by atoms with Crippen LogP contribution in [-0.2, 0) is 13.2 Å². The van der Waals surface area contributed by atoms with Crippen LogP contribution in [0.3, 0.4) is 0 Å². The number of amides is 1. The third-order valence-corrected chi connectivity index (χ3v) is 4.38. The van der Waals surface area contributed by atoms with Gasteiger partial charge >= 0.3 is 11.9 Å². The molecule has 1 amide bonds. The molecule has 26 heavy (non-hydrogen) atoms. The summed E-state index contributed by atoms with van der Waals surface area (Å²) in [5, 5.41) is 14.7. The topological polar surface area (TPSA) is 87.1 Å². The normalized spacial score (nSPS) is 16.1. The summed E-state index contributed by atoms with van der Waals surface area (Å²) in [6.07, 6.45) is -1.70. The van der Waals surface area contributed by atoms with Gasteiger partial charge in [0.15, 0.2) is 12.4 Å². The Morgan fingerprint density at radius 3 is 2.54 bits per heavy atom. The Labute approximate surface area is 145 Å². The van der Waals surface area contributed by atoms with Gasteiger partial charge in [-0.2, -0.15) is 17.9 Å². The van der Waals surface area contributed by atoms with Crippen molar-refractivity contribution < 1.29 is 22.7 Å². The first kappa shape index (κ1) is 18.0. The average Bonchev–Trinajstić information content (AvgIpc) is 2.90. The van der Waals surface area contributed by atoms with E-state index in [0.29, 0.717) is 22.1 Å². The second-order valence-corrected chi connectivity index (χ2v) is 6.08. The van der Waals surface area contributed by atoms with Crippen LogP contribution in [-0.4, -0.2) is 38.2 Å². The van der Waals surface area contributed by atoms with E-state index in [9.17, 15) is 28.0 Å². The van der Waals surface area contributed by atoms with Crippen LogP contribution < -0.4 is 10.4 Å². The van der Waals surface area contributed by atoms with Gasteiger partial charge in [0.2, 0.25) is 5.82 Å². The lowest BCUT2D eigenvalue weighted by atomic mass is 10.0. The van der Waals surface area contributed by atoms with Crippen molar-refractivity contribution >= 4 is 5.91 Å². The maximum absolute atomic E-state index is 12.9. The van der Waals surface area contributed by atoms with E-state index in [-0.39, 0.29) is 24.6 Å². The van der Waals surface area contributed by atoms with Gasteiger partial charge < -0.3 is 10.1 Å². The van der Waals surface area contributed by atoms with E-state index in [0.717, 1.165) is 17.9 Å². The number of hydrogen-bond donors (Lipinski definition) is 0. The zero-order chi connectivity index (χ0) is 19.1. The SMILES string of the molecule is Cn1c(C(F)(F)F)nn(C2CCN(C(=O)c3ccc[n+]([O-])c3)CC2)c1=O. The number of likely N-dealkylation sites (tertiary alicyclic amines) is 1. The lowest BCUT2D eigenvalue weighted by molar-refractivity contribution is -0.605. The van der Waals surface area contributed by atoms with Gasteiger partial charge in [-0.25, -0.2) is 9.48 Å². The van der Waals surface area contributed by atoms with E-state index in [1.807, 2.05) is 0 Å². The fourth-order valence-corrected chi connectivity index (χ4v) is 3.02. The number of halogens is 3. The highest BCUT2D eigenvalue weighted by Crippen LogP contribution is 2.28. The van der Waals surface area contributed by atoms with Gasteiger partial charge in [-0.05, 0) is 18.9 Å². The minimum Gasteiger partial charge on any atom is -0.619 e. The van der Waals surface area contributed by atoms with E-state index in [2.05, 4.69) is 5.10 Å². The maximum atomic E-state index is 12.9. The van der Waals surface area contributed by atoms with E-state index < -0.39 is 23.7 Å². The molecule has 0 spiro atoms. The molecule has 11 heteroatoms. The van der Waals surface area contributed by atoms with E-state index in [1.165, 1.54) is 23.2 Å². The maximum Gasteiger partial charge on any atom is 0.451 e. The molecule has 0 aromatic carbocycles. The molecule has 0 bridgehead atoms. The molecule has 0 radical (unpaired) electrons. The summed E-state index contributed by atoms with van der Waals surface area (Å²) in [4.78, 5) is 25.9. The molecule has 2 aromatic heterocycles. The van der Waals surface area contributed by atoms with Crippen LogP contribution >= 0.6 is 0 Å². The minimum absolute atomic E-state index is 0.232. The number of piperidine rings is 1. The molecule has 1 saturated heterocycles. The summed E-state index contributed by atoms with van der Waals surface area (Å²) in [5.74, 6) is -1.58. The smallest absolute Gasteiger partial charge is 0.451 e. The number of hydrogen-bond acceptors (Lipinski definition) is 4. The van der Waals surface area contributed by atoms with Crippen molar-refractivity contribution in [3.63, 3.8) is 0 Å². The molecule has 3 rings (SSSR count). The number of nitrogens with zero attached hydrogens (tertiary/aromatic N) is 5. The lowest BCUT2D eigenvalue weighted by Crippen LogP contribution is -2.41. The summed E-state index contributed by atoms with van der Waals surface area (Å²) in [7, 11) is 1.03. The lowest BCUT2D eigenvalue weighted by Gasteiger charge is -2.31. The highest BCUT2D eigenvalue weighted by molar-refractivity contribution is 5.93. The average molecular weight is 371 g/mol. The standard InChI is InChI=1S/C15H16F3N5O3/c1-20-13(15(16,17)18)19-23(14(20)25)11-4-7-21(8-5-11)12(24)10-3-2-6-22(26)9-10/h2-3,6,9,11H,4-5,7-8H2,1H3. The molecule has 0 aliphatic carbocycles. The summed E-state index contributed by atoms with van der Waals surface area (Å²) >= 11 is 0. The van der Waals surface area contributed by atoms with Crippen LogP contribution in [0.15, 0.2) is 29.3 Å². The van der Waals surface area contributed by atoms with Crippen LogP contribution in [0.4, 0.5) is 13.2 Å². The van der Waals surface area contributed by atoms with Crippen molar-refractivity contribution in [2.75, 3.05) is 13.1 Å². The van der Waals surface area contributed by atoms with Crippen molar-refractivity contribution in [1.29, 1.82) is 0 Å². The van der Waals surface area contributed by atoms with Crippen molar-refractivity contribution in [3.8, 4) is 0 Å². The quantitative estimate of drug-likeness (QED) is 0.575. The molecule has 2 aromatic rings. The van der Waals surface area contributed by atoms with E-state index in [4.69, 9.17) is 0 Å². The monoisotopic (exact) mass is 371 g/mol. The van der Waals surface area contributed by atoms with Gasteiger partial charge in [0.1, 0.15) is 5.56 Å². The Hall–Kier alpha value is -2.85. The molecule has 1 aliphatic rings. The van der Waals surface area contributed by atoms with Crippen molar-refractivity contribution in [3.05, 3.63) is 51.6 Å². The Kier molecular flexibility index (Phi) is 4.46. The Morgan fingerprint density at radius 2 is 2.00 bits per heavy atom. The highest BCUT2D eigenvalue weighted by Gasteiger charge is 2.39. The Bertz CT molecular complexity index is 881. The summed E-state index contributed by atoms with van der Waals surface area (Å²) in [6.45, 7) is 0.503. The second-order valence-electron chi connectivity index (χ2n) is 6.08. The highest BCUT2D eigenvalue weighted by atomic mass is 19.4. The van der Waals surface area contributed by atoms with E-state index in [1.54, 1.807) is 0 Å². The Morgan fingerprint density at radius 1 is 1.35 bits per heavy atom. The zero-order valence-corrected chi connectivity index (χ0v) is 13.8. The van der Waals surface area contributed by atoms with Crippen LogP contribution in [0, 0.1) is 5.21 Å². The molecular weight excluding hydrogens is 355 g/mol. The predicted molar refractivity (Wildman–Crippen MR) is 82.0 cm³/mol. The number of rotatable bonds is 2. The van der Waals surface area contributed by atoms with Gasteiger partial charge in [0, 0.05) is 26.2 Å². The first-order valence-corrected chi connectivity index (χ1v) is 7.89. The second kappa shape index (κ2) is 6.46. The predicted octanol–water partition coefficient (Wildman–Crippen LogP) is 0.711. The van der Waals surface area contributed by atoms with Crippen molar-refractivity contribution in [1.82, 2.24) is 19.2 Å². The molecule has 0 unspecified atom stereocenters. The number of pyridine rings is 1. The van der Waals surface area contributed by atoms with Crippen LogP contribution in [0.1, 0.15) is 35.1 Å². The van der Waals surface area contributed by atoms with E-state index >= 15 is 0 Å². The molecular formula is C15H16F3N5O3. The zero-order valence-electron chi connectivity index (χ0n) is 13.8. The summed E-state index contributed by atoms with van der Waals surface area (Å²) in [5.41, 5.74) is -0.604. The first-order valence-electron chi connectivity index (χ1n) is 7.89. The summed E-state index contributed by atoms with van der Waals surface area (Å²) < 4.78 is 40.5. The van der Waals surface area contributed by atoms with Gasteiger partial charge in [-0.15, -0.1) is 5.10 Å². The fourth-order valence-electron chi connectivity index (χ4n) is 3.02. The third-order valence-electron chi connectivity index (χ3n) is 4.38. The number of carbonyl (C=O) groups excluding carboxylic acids is 1. The molecule has 1 aliphatic heterocycles. The van der Waals surface area contributed by atoms with Gasteiger partial charge in [0.25, 0.3) is 5.91 Å². The van der Waals surface area contributed by atoms with Crippen LogP contribution in [0.25, 0.3) is 0 Å². The van der Waals surface area contributed by atoms with Crippen LogP contribution in [0.2, 0.25) is 0 Å². The molecule has 140 valence electrons. The molecule has 8 nitrogen and oxygen atoms in total. The molecule has 0 saturated carbocycles. The fraction of sp³-hybridized carbons (Fsp3) is 0.467. The first-order chi connectivity index (χ1) is 12.2. The van der Waals surface area contributed by atoms with Gasteiger partial charge in [-0.3, -0.25) is 9.36 Å².